The molecule has 1 heterocycles. The quantitative estimate of drug-likeness (QED) is 0.483. The SMILES string of the molecule is CCOC(CCNC(=NC)NCC(C)(C)N1CCOCC1)C1CCCC1. The molecule has 1 aliphatic heterocycles. The number of rotatable bonds is 9. The molecule has 2 N–H and O–H groups in total. The van der Waals surface area contributed by atoms with Crippen LogP contribution >= 0.6 is 0 Å². The van der Waals surface area contributed by atoms with Crippen molar-refractivity contribution in [2.24, 2.45) is 10.9 Å². The minimum absolute atomic E-state index is 0.0824. The fourth-order valence-electron chi connectivity index (χ4n) is 4.13. The van der Waals surface area contributed by atoms with Crippen molar-refractivity contribution in [3.05, 3.63) is 0 Å². The number of hydrogen-bond donors (Lipinski definition) is 2. The number of morpholine rings is 1. The lowest BCUT2D eigenvalue weighted by atomic mass is 9.98. The van der Waals surface area contributed by atoms with E-state index in [-0.39, 0.29) is 5.54 Å². The van der Waals surface area contributed by atoms with Crippen LogP contribution in [0.5, 0.6) is 0 Å². The Bertz CT molecular complexity index is 416. The zero-order valence-corrected chi connectivity index (χ0v) is 17.4. The summed E-state index contributed by atoms with van der Waals surface area (Å²) in [6, 6.07) is 0. The fourth-order valence-corrected chi connectivity index (χ4v) is 4.13. The summed E-state index contributed by atoms with van der Waals surface area (Å²) in [5.41, 5.74) is 0.0824. The number of hydrogen-bond acceptors (Lipinski definition) is 4. The van der Waals surface area contributed by atoms with E-state index in [9.17, 15) is 0 Å². The maximum Gasteiger partial charge on any atom is 0.191 e. The molecule has 2 fully saturated rings. The molecular weight excluding hydrogens is 328 g/mol. The minimum Gasteiger partial charge on any atom is -0.379 e. The van der Waals surface area contributed by atoms with Gasteiger partial charge in [-0.1, -0.05) is 12.8 Å². The molecule has 0 aromatic carbocycles. The van der Waals surface area contributed by atoms with Crippen molar-refractivity contribution < 1.29 is 9.47 Å². The number of aliphatic imine (C=N–C) groups is 1. The van der Waals surface area contributed by atoms with E-state index in [0.29, 0.717) is 6.10 Å². The van der Waals surface area contributed by atoms with Gasteiger partial charge in [-0.2, -0.15) is 0 Å². The first-order valence-electron chi connectivity index (χ1n) is 10.5. The first kappa shape index (κ1) is 21.5. The molecule has 152 valence electrons. The van der Waals surface area contributed by atoms with Crippen LogP contribution in [-0.2, 0) is 9.47 Å². The number of nitrogens with zero attached hydrogens (tertiary/aromatic N) is 2. The van der Waals surface area contributed by atoms with Crippen molar-refractivity contribution in [2.75, 3.05) is 53.0 Å². The normalized spacial score (nSPS) is 21.8. The van der Waals surface area contributed by atoms with Gasteiger partial charge >= 0.3 is 0 Å². The van der Waals surface area contributed by atoms with Gasteiger partial charge in [0.25, 0.3) is 0 Å². The Balaban J connectivity index is 1.72. The Kier molecular flexibility index (Phi) is 9.16. The summed E-state index contributed by atoms with van der Waals surface area (Å²) in [5, 5.41) is 6.97. The van der Waals surface area contributed by atoms with Gasteiger partial charge in [-0.25, -0.2) is 0 Å². The van der Waals surface area contributed by atoms with Crippen LogP contribution in [0.15, 0.2) is 4.99 Å². The van der Waals surface area contributed by atoms with E-state index < -0.39 is 0 Å². The summed E-state index contributed by atoms with van der Waals surface area (Å²) in [4.78, 5) is 6.88. The van der Waals surface area contributed by atoms with E-state index >= 15 is 0 Å². The summed E-state index contributed by atoms with van der Waals surface area (Å²) in [6.07, 6.45) is 6.81. The largest absolute Gasteiger partial charge is 0.379 e. The van der Waals surface area contributed by atoms with Crippen molar-refractivity contribution in [3.63, 3.8) is 0 Å². The number of ether oxygens (including phenoxy) is 2. The van der Waals surface area contributed by atoms with E-state index in [0.717, 1.165) is 64.3 Å². The lowest BCUT2D eigenvalue weighted by molar-refractivity contribution is -0.00835. The second kappa shape index (κ2) is 11.1. The van der Waals surface area contributed by atoms with Crippen LogP contribution < -0.4 is 10.6 Å². The predicted molar refractivity (Wildman–Crippen MR) is 108 cm³/mol. The minimum atomic E-state index is 0.0824. The fraction of sp³-hybridized carbons (Fsp3) is 0.950. The molecule has 6 heteroatoms. The molecule has 0 amide bonds. The average molecular weight is 369 g/mol. The van der Waals surface area contributed by atoms with Crippen LogP contribution in [0.3, 0.4) is 0 Å². The van der Waals surface area contributed by atoms with Crippen molar-refractivity contribution in [2.45, 2.75) is 64.5 Å². The van der Waals surface area contributed by atoms with Crippen molar-refractivity contribution in [3.8, 4) is 0 Å². The van der Waals surface area contributed by atoms with E-state index in [1.54, 1.807) is 0 Å². The summed E-state index contributed by atoms with van der Waals surface area (Å²) < 4.78 is 11.5. The van der Waals surface area contributed by atoms with Gasteiger partial charge in [-0.15, -0.1) is 0 Å². The Morgan fingerprint density at radius 1 is 1.23 bits per heavy atom. The van der Waals surface area contributed by atoms with Gasteiger partial charge in [0.05, 0.1) is 19.3 Å². The molecule has 0 aromatic rings. The molecule has 0 bridgehead atoms. The van der Waals surface area contributed by atoms with E-state index in [4.69, 9.17) is 9.47 Å². The summed E-state index contributed by atoms with van der Waals surface area (Å²) in [5.74, 6) is 1.62. The molecule has 0 aromatic heterocycles. The van der Waals surface area contributed by atoms with Gasteiger partial charge in [0.15, 0.2) is 5.96 Å². The maximum absolute atomic E-state index is 6.02. The topological polar surface area (TPSA) is 58.1 Å². The third-order valence-corrected chi connectivity index (χ3v) is 5.81. The highest BCUT2D eigenvalue weighted by Crippen LogP contribution is 2.30. The molecule has 6 nitrogen and oxygen atoms in total. The van der Waals surface area contributed by atoms with Crippen LogP contribution in [0.1, 0.15) is 52.9 Å². The Morgan fingerprint density at radius 2 is 1.92 bits per heavy atom. The van der Waals surface area contributed by atoms with E-state index in [1.165, 1.54) is 25.7 Å². The number of nitrogens with one attached hydrogen (secondary N) is 2. The van der Waals surface area contributed by atoms with Crippen molar-refractivity contribution in [1.29, 1.82) is 0 Å². The predicted octanol–water partition coefficient (Wildman–Crippen LogP) is 2.25. The highest BCUT2D eigenvalue weighted by Gasteiger charge is 2.28. The molecule has 26 heavy (non-hydrogen) atoms. The summed E-state index contributed by atoms with van der Waals surface area (Å²) >= 11 is 0. The van der Waals surface area contributed by atoms with E-state index in [1.807, 2.05) is 7.05 Å². The van der Waals surface area contributed by atoms with Gasteiger partial charge in [-0.05, 0) is 46.0 Å². The second-order valence-corrected chi connectivity index (χ2v) is 8.09. The first-order valence-corrected chi connectivity index (χ1v) is 10.5. The molecule has 0 radical (unpaired) electrons. The van der Waals surface area contributed by atoms with Crippen molar-refractivity contribution >= 4 is 5.96 Å². The van der Waals surface area contributed by atoms with Crippen molar-refractivity contribution in [1.82, 2.24) is 15.5 Å². The Hall–Kier alpha value is -0.850. The molecule has 2 aliphatic rings. The molecule has 0 spiro atoms. The van der Waals surface area contributed by atoms with Crippen LogP contribution in [0.2, 0.25) is 0 Å². The standard InChI is InChI=1S/C20H40N4O2/c1-5-26-18(17-8-6-7-9-17)10-11-22-19(21-4)23-16-20(2,3)24-12-14-25-15-13-24/h17-18H,5-16H2,1-4H3,(H2,21,22,23). The molecule has 1 saturated carbocycles. The zero-order valence-electron chi connectivity index (χ0n) is 17.4. The Morgan fingerprint density at radius 3 is 2.54 bits per heavy atom. The Labute approximate surface area is 160 Å². The van der Waals surface area contributed by atoms with Crippen LogP contribution in [0.25, 0.3) is 0 Å². The lowest BCUT2D eigenvalue weighted by Gasteiger charge is -2.41. The number of guanidine groups is 1. The molecule has 2 rings (SSSR count). The average Bonchev–Trinajstić information content (AvgIpc) is 3.19. The first-order chi connectivity index (χ1) is 12.6. The van der Waals surface area contributed by atoms with Gasteiger partial charge < -0.3 is 20.1 Å². The molecule has 1 aliphatic carbocycles. The summed E-state index contributed by atoms with van der Waals surface area (Å²) in [7, 11) is 1.84. The third-order valence-electron chi connectivity index (χ3n) is 5.81. The third kappa shape index (κ3) is 6.71. The van der Waals surface area contributed by atoms with Gasteiger partial charge in [0, 0.05) is 45.4 Å². The van der Waals surface area contributed by atoms with Gasteiger partial charge in [-0.3, -0.25) is 9.89 Å². The summed E-state index contributed by atoms with van der Waals surface area (Å²) in [6.45, 7) is 12.9. The molecule has 1 saturated heterocycles. The lowest BCUT2D eigenvalue weighted by Crippen LogP contribution is -2.56. The van der Waals surface area contributed by atoms with Gasteiger partial charge in [0.1, 0.15) is 0 Å². The molecule has 1 atom stereocenters. The second-order valence-electron chi connectivity index (χ2n) is 8.09. The van der Waals surface area contributed by atoms with Crippen LogP contribution in [-0.4, -0.2) is 75.5 Å². The smallest absolute Gasteiger partial charge is 0.191 e. The maximum atomic E-state index is 6.02. The van der Waals surface area contributed by atoms with Crippen LogP contribution in [0, 0.1) is 5.92 Å². The molecule has 1 unspecified atom stereocenters. The highest BCUT2D eigenvalue weighted by molar-refractivity contribution is 5.79. The highest BCUT2D eigenvalue weighted by atomic mass is 16.5. The van der Waals surface area contributed by atoms with Crippen LogP contribution in [0.4, 0.5) is 0 Å². The molecular formula is C20H40N4O2. The monoisotopic (exact) mass is 368 g/mol. The van der Waals surface area contributed by atoms with Gasteiger partial charge in [0.2, 0.25) is 0 Å². The van der Waals surface area contributed by atoms with E-state index in [2.05, 4.69) is 41.3 Å². The zero-order chi connectivity index (χ0) is 18.8.